The average molecular weight is 362 g/mol. The van der Waals surface area contributed by atoms with Crippen LogP contribution in [-0.2, 0) is 4.74 Å². The number of rotatable bonds is 8. The third-order valence-corrected chi connectivity index (χ3v) is 3.79. The molecule has 3 heteroatoms. The molecule has 0 N–H and O–H groups in total. The predicted molar refractivity (Wildman–Crippen MR) is 84.6 cm³/mol. The van der Waals surface area contributed by atoms with Gasteiger partial charge in [0.1, 0.15) is 5.75 Å². The van der Waals surface area contributed by atoms with Gasteiger partial charge < -0.3 is 9.47 Å². The van der Waals surface area contributed by atoms with Gasteiger partial charge in [0.05, 0.1) is 13.2 Å². The zero-order valence-electron chi connectivity index (χ0n) is 11.5. The first-order chi connectivity index (χ1) is 8.71. The summed E-state index contributed by atoms with van der Waals surface area (Å²) in [5.74, 6) is 1.53. The second kappa shape index (κ2) is 8.75. The molecule has 0 amide bonds. The van der Waals surface area contributed by atoms with Crippen LogP contribution in [-0.4, -0.2) is 18.1 Å². The van der Waals surface area contributed by atoms with E-state index in [-0.39, 0.29) is 6.10 Å². The lowest BCUT2D eigenvalue weighted by Crippen LogP contribution is -2.12. The van der Waals surface area contributed by atoms with Crippen molar-refractivity contribution >= 4 is 22.6 Å². The monoisotopic (exact) mass is 362 g/mol. The Morgan fingerprint density at radius 2 is 1.89 bits per heavy atom. The van der Waals surface area contributed by atoms with E-state index in [1.54, 1.807) is 7.11 Å². The van der Waals surface area contributed by atoms with Crippen LogP contribution in [0.3, 0.4) is 0 Å². The van der Waals surface area contributed by atoms with Crippen molar-refractivity contribution in [3.05, 3.63) is 29.8 Å². The quantitative estimate of drug-likeness (QED) is 0.496. The van der Waals surface area contributed by atoms with Crippen molar-refractivity contribution in [3.63, 3.8) is 0 Å². The number of benzene rings is 1. The second-order valence-electron chi connectivity index (χ2n) is 4.64. The molecule has 0 heterocycles. The first kappa shape index (κ1) is 15.8. The Bertz CT molecular complexity index is 324. The van der Waals surface area contributed by atoms with Gasteiger partial charge in [-0.2, -0.15) is 0 Å². The first-order valence-corrected chi connectivity index (χ1v) is 8.05. The Hall–Kier alpha value is -0.290. The van der Waals surface area contributed by atoms with Crippen molar-refractivity contribution in [3.8, 4) is 5.75 Å². The highest BCUT2D eigenvalue weighted by molar-refractivity contribution is 14.1. The van der Waals surface area contributed by atoms with Crippen LogP contribution in [0, 0.1) is 5.92 Å². The van der Waals surface area contributed by atoms with Gasteiger partial charge in [-0.05, 0) is 30.0 Å². The Balaban J connectivity index is 2.53. The van der Waals surface area contributed by atoms with E-state index in [4.69, 9.17) is 9.47 Å². The minimum atomic E-state index is 0.191. The molecule has 1 aromatic rings. The van der Waals surface area contributed by atoms with Gasteiger partial charge in [-0.3, -0.25) is 0 Å². The molecule has 2 atom stereocenters. The molecule has 0 fully saturated rings. The normalized spacial score (nSPS) is 14.2. The fraction of sp³-hybridized carbons (Fsp3) is 0.600. The molecule has 1 rings (SSSR count). The smallest absolute Gasteiger partial charge is 0.118 e. The molecule has 0 spiro atoms. The van der Waals surface area contributed by atoms with Crippen LogP contribution in [0.1, 0.15) is 38.4 Å². The summed E-state index contributed by atoms with van der Waals surface area (Å²) in [6, 6.07) is 8.17. The predicted octanol–water partition coefficient (Wildman–Crippen LogP) is 4.62. The Labute approximate surface area is 124 Å². The fourth-order valence-electron chi connectivity index (χ4n) is 1.90. The van der Waals surface area contributed by atoms with Crippen molar-refractivity contribution in [2.24, 2.45) is 5.92 Å². The van der Waals surface area contributed by atoms with Crippen LogP contribution >= 0.6 is 22.6 Å². The highest BCUT2D eigenvalue weighted by Crippen LogP contribution is 2.23. The second-order valence-corrected chi connectivity index (χ2v) is 5.52. The van der Waals surface area contributed by atoms with E-state index >= 15 is 0 Å². The summed E-state index contributed by atoms with van der Waals surface area (Å²) in [5, 5.41) is 0. The van der Waals surface area contributed by atoms with Crippen LogP contribution in [0.4, 0.5) is 0 Å². The SMILES string of the molecule is CCCC(C)COC(CI)c1ccc(OC)cc1. The molecule has 0 aliphatic carbocycles. The van der Waals surface area contributed by atoms with Gasteiger partial charge in [0.15, 0.2) is 0 Å². The van der Waals surface area contributed by atoms with Crippen LogP contribution in [0.25, 0.3) is 0 Å². The number of ether oxygens (including phenoxy) is 2. The number of hydrogen-bond acceptors (Lipinski definition) is 2. The molecule has 102 valence electrons. The lowest BCUT2D eigenvalue weighted by atomic mass is 10.1. The lowest BCUT2D eigenvalue weighted by molar-refractivity contribution is 0.0458. The third kappa shape index (κ3) is 5.14. The van der Waals surface area contributed by atoms with Crippen molar-refractivity contribution in [2.45, 2.75) is 32.8 Å². The van der Waals surface area contributed by atoms with E-state index in [2.05, 4.69) is 48.6 Å². The van der Waals surface area contributed by atoms with E-state index in [1.807, 2.05) is 12.1 Å². The van der Waals surface area contributed by atoms with Crippen LogP contribution in [0.2, 0.25) is 0 Å². The molecule has 0 aliphatic rings. The van der Waals surface area contributed by atoms with Gasteiger partial charge >= 0.3 is 0 Å². The van der Waals surface area contributed by atoms with Crippen LogP contribution in [0.15, 0.2) is 24.3 Å². The standard InChI is InChI=1S/C15H23IO2/c1-4-5-12(2)11-18-15(10-16)13-6-8-14(17-3)9-7-13/h6-9,12,15H,4-5,10-11H2,1-3H3. The summed E-state index contributed by atoms with van der Waals surface area (Å²) in [6.07, 6.45) is 2.65. The number of halogens is 1. The minimum Gasteiger partial charge on any atom is -0.497 e. The minimum absolute atomic E-state index is 0.191. The summed E-state index contributed by atoms with van der Waals surface area (Å²) in [6.45, 7) is 5.31. The summed E-state index contributed by atoms with van der Waals surface area (Å²) in [4.78, 5) is 0. The fourth-order valence-corrected chi connectivity index (χ4v) is 2.67. The van der Waals surface area contributed by atoms with Crippen molar-refractivity contribution in [1.82, 2.24) is 0 Å². The summed E-state index contributed by atoms with van der Waals surface area (Å²) in [5.41, 5.74) is 1.23. The maximum absolute atomic E-state index is 6.02. The van der Waals surface area contributed by atoms with Gasteiger partial charge in [0.25, 0.3) is 0 Å². The molecular formula is C15H23IO2. The van der Waals surface area contributed by atoms with Gasteiger partial charge in [0.2, 0.25) is 0 Å². The van der Waals surface area contributed by atoms with Gasteiger partial charge in [0, 0.05) is 11.0 Å². The summed E-state index contributed by atoms with van der Waals surface area (Å²) >= 11 is 2.38. The van der Waals surface area contributed by atoms with E-state index in [1.165, 1.54) is 18.4 Å². The van der Waals surface area contributed by atoms with E-state index in [9.17, 15) is 0 Å². The molecular weight excluding hydrogens is 339 g/mol. The Morgan fingerprint density at radius 1 is 1.22 bits per heavy atom. The zero-order valence-corrected chi connectivity index (χ0v) is 13.6. The van der Waals surface area contributed by atoms with E-state index in [0.29, 0.717) is 5.92 Å². The Kier molecular flexibility index (Phi) is 7.66. The molecule has 0 saturated heterocycles. The summed E-state index contributed by atoms with van der Waals surface area (Å²) < 4.78 is 12.2. The Morgan fingerprint density at radius 3 is 2.39 bits per heavy atom. The van der Waals surface area contributed by atoms with Gasteiger partial charge in [-0.15, -0.1) is 0 Å². The van der Waals surface area contributed by atoms with Crippen molar-refractivity contribution in [2.75, 3.05) is 18.1 Å². The molecule has 0 aromatic heterocycles. The number of alkyl halides is 1. The number of methoxy groups -OCH3 is 1. The first-order valence-electron chi connectivity index (χ1n) is 6.52. The molecule has 0 aliphatic heterocycles. The molecule has 0 saturated carbocycles. The average Bonchev–Trinajstić information content (AvgIpc) is 2.40. The largest absolute Gasteiger partial charge is 0.497 e. The topological polar surface area (TPSA) is 18.5 Å². The van der Waals surface area contributed by atoms with Crippen LogP contribution in [0.5, 0.6) is 5.75 Å². The molecule has 2 nitrogen and oxygen atoms in total. The molecule has 1 aromatic carbocycles. The van der Waals surface area contributed by atoms with Crippen molar-refractivity contribution in [1.29, 1.82) is 0 Å². The molecule has 18 heavy (non-hydrogen) atoms. The van der Waals surface area contributed by atoms with Gasteiger partial charge in [-0.1, -0.05) is 55.0 Å². The summed E-state index contributed by atoms with van der Waals surface area (Å²) in [7, 11) is 1.69. The van der Waals surface area contributed by atoms with Crippen LogP contribution < -0.4 is 4.74 Å². The highest BCUT2D eigenvalue weighted by atomic mass is 127. The molecule has 0 bridgehead atoms. The maximum Gasteiger partial charge on any atom is 0.118 e. The van der Waals surface area contributed by atoms with E-state index < -0.39 is 0 Å². The third-order valence-electron chi connectivity index (χ3n) is 2.99. The van der Waals surface area contributed by atoms with E-state index in [0.717, 1.165) is 16.8 Å². The lowest BCUT2D eigenvalue weighted by Gasteiger charge is -2.19. The van der Waals surface area contributed by atoms with Crippen molar-refractivity contribution < 1.29 is 9.47 Å². The number of hydrogen-bond donors (Lipinski definition) is 0. The zero-order chi connectivity index (χ0) is 13.4. The van der Waals surface area contributed by atoms with Gasteiger partial charge in [-0.25, -0.2) is 0 Å². The molecule has 2 unspecified atom stereocenters. The maximum atomic E-state index is 6.02. The molecule has 0 radical (unpaired) electrons. The highest BCUT2D eigenvalue weighted by Gasteiger charge is 2.12.